The Hall–Kier alpha value is -3.07. The number of rotatable bonds is 7. The van der Waals surface area contributed by atoms with Crippen molar-refractivity contribution in [1.29, 1.82) is 0 Å². The minimum absolute atomic E-state index is 0.0356. The third-order valence-electron chi connectivity index (χ3n) is 4.45. The van der Waals surface area contributed by atoms with E-state index in [1.165, 1.54) is 24.3 Å². The van der Waals surface area contributed by atoms with Crippen LogP contribution in [0, 0.1) is 11.7 Å². The summed E-state index contributed by atoms with van der Waals surface area (Å²) in [6.07, 6.45) is 0.127. The quantitative estimate of drug-likeness (QED) is 0.636. The highest BCUT2D eigenvalue weighted by Gasteiger charge is 2.33. The van der Waals surface area contributed by atoms with E-state index in [0.717, 1.165) is 0 Å². The molecule has 31 heavy (non-hydrogen) atoms. The Morgan fingerprint density at radius 3 is 2.61 bits per heavy atom. The number of amides is 1. The molecule has 1 N–H and O–H groups in total. The number of carbonyl (C=O) groups excluding carboxylic acids is 2. The van der Waals surface area contributed by atoms with Crippen LogP contribution in [0.5, 0.6) is 5.75 Å². The first kappa shape index (κ1) is 22.6. The van der Waals surface area contributed by atoms with Gasteiger partial charge in [0.25, 0.3) is 0 Å². The first-order chi connectivity index (χ1) is 14.7. The van der Waals surface area contributed by atoms with E-state index in [-0.39, 0.29) is 40.8 Å². The van der Waals surface area contributed by atoms with Crippen molar-refractivity contribution in [2.75, 3.05) is 13.2 Å². The third kappa shape index (κ3) is 5.55. The summed E-state index contributed by atoms with van der Waals surface area (Å²) in [5.74, 6) is -6.28. The molecule has 164 valence electrons. The molecule has 1 atom stereocenters. The van der Waals surface area contributed by atoms with Crippen LogP contribution in [0.1, 0.15) is 29.3 Å². The van der Waals surface area contributed by atoms with Gasteiger partial charge >= 0.3 is 11.9 Å². The van der Waals surface area contributed by atoms with E-state index in [4.69, 9.17) is 16.3 Å². The van der Waals surface area contributed by atoms with Gasteiger partial charge in [0.2, 0.25) is 5.91 Å². The second-order valence-electron chi connectivity index (χ2n) is 6.96. The van der Waals surface area contributed by atoms with Gasteiger partial charge in [0, 0.05) is 17.9 Å². The molecule has 3 rings (SSSR count). The first-order valence-electron chi connectivity index (χ1n) is 9.25. The van der Waals surface area contributed by atoms with Gasteiger partial charge in [-0.05, 0) is 24.3 Å². The number of nitrogens with one attached hydrogen (secondary N) is 1. The topological polar surface area (TPSA) is 77.0 Å². The number of benzene rings is 2. The number of hydrazone groups is 1. The summed E-state index contributed by atoms with van der Waals surface area (Å²) in [6, 6.07) is 10.2. The summed E-state index contributed by atoms with van der Waals surface area (Å²) in [5, 5.41) is 3.35. The maximum absolute atomic E-state index is 14.7. The predicted molar refractivity (Wildman–Crippen MR) is 107 cm³/mol. The van der Waals surface area contributed by atoms with Crippen LogP contribution in [0.25, 0.3) is 0 Å². The molecule has 1 aliphatic rings. The van der Waals surface area contributed by atoms with Crippen LogP contribution in [0.2, 0.25) is 5.02 Å². The molecule has 1 amide bonds. The highest BCUT2D eigenvalue weighted by atomic mass is 35.5. The van der Waals surface area contributed by atoms with E-state index in [1.807, 2.05) is 0 Å². The highest BCUT2D eigenvalue weighted by Crippen LogP contribution is 2.32. The molecule has 1 unspecified atom stereocenters. The molecule has 2 aromatic carbocycles. The minimum Gasteiger partial charge on any atom is -0.485 e. The van der Waals surface area contributed by atoms with Crippen LogP contribution < -0.4 is 10.2 Å². The number of carbonyl (C=O) groups is 2. The number of hydrogen-bond donors (Lipinski definition) is 1. The smallest absolute Gasteiger partial charge is 0.338 e. The van der Waals surface area contributed by atoms with Crippen molar-refractivity contribution in [1.82, 2.24) is 5.43 Å². The maximum atomic E-state index is 14.7. The summed E-state index contributed by atoms with van der Waals surface area (Å²) in [4.78, 5) is 23.1. The summed E-state index contributed by atoms with van der Waals surface area (Å²) in [6.45, 7) is -0.694. The molecular weight excluding hydrogens is 437 g/mol. The van der Waals surface area contributed by atoms with E-state index in [2.05, 4.69) is 15.3 Å². The minimum atomic E-state index is -3.53. The molecule has 6 nitrogen and oxygen atoms in total. The summed E-state index contributed by atoms with van der Waals surface area (Å²) in [5.41, 5.74) is 2.72. The second-order valence-corrected chi connectivity index (χ2v) is 7.34. The normalized spacial score (nSPS) is 16.4. The summed E-state index contributed by atoms with van der Waals surface area (Å²) in [7, 11) is 0. The number of alkyl halides is 2. The Kier molecular flexibility index (Phi) is 6.84. The number of ether oxygens (including phenoxy) is 2. The van der Waals surface area contributed by atoms with Gasteiger partial charge in [0.15, 0.2) is 19.0 Å². The van der Waals surface area contributed by atoms with E-state index >= 15 is 0 Å². The molecule has 0 aromatic heterocycles. The van der Waals surface area contributed by atoms with Gasteiger partial charge in [0.1, 0.15) is 10.8 Å². The Morgan fingerprint density at radius 2 is 1.94 bits per heavy atom. The van der Waals surface area contributed by atoms with Crippen molar-refractivity contribution >= 4 is 29.2 Å². The van der Waals surface area contributed by atoms with Crippen molar-refractivity contribution in [3.63, 3.8) is 0 Å². The lowest BCUT2D eigenvalue weighted by Crippen LogP contribution is -2.33. The zero-order chi connectivity index (χ0) is 22.6. The second kappa shape index (κ2) is 9.38. The molecule has 0 bridgehead atoms. The van der Waals surface area contributed by atoms with E-state index in [1.54, 1.807) is 25.1 Å². The lowest BCUT2D eigenvalue weighted by Gasteiger charge is -2.21. The van der Waals surface area contributed by atoms with Gasteiger partial charge in [-0.1, -0.05) is 36.7 Å². The zero-order valence-corrected chi connectivity index (χ0v) is 17.1. The van der Waals surface area contributed by atoms with Gasteiger partial charge in [-0.3, -0.25) is 4.79 Å². The molecule has 0 aliphatic carbocycles. The lowest BCUT2D eigenvalue weighted by atomic mass is 9.94. The molecule has 2 aromatic rings. The predicted octanol–water partition coefficient (Wildman–Crippen LogP) is 4.21. The fourth-order valence-corrected chi connectivity index (χ4v) is 3.09. The average Bonchev–Trinajstić information content (AvgIpc) is 2.74. The van der Waals surface area contributed by atoms with Crippen LogP contribution in [0.4, 0.5) is 13.2 Å². The number of hydrogen-bond acceptors (Lipinski definition) is 5. The lowest BCUT2D eigenvalue weighted by molar-refractivity contribution is -0.121. The Bertz CT molecular complexity index is 1020. The van der Waals surface area contributed by atoms with Gasteiger partial charge in [-0.25, -0.2) is 14.6 Å². The Balaban J connectivity index is 1.64. The van der Waals surface area contributed by atoms with E-state index in [9.17, 15) is 22.8 Å². The molecule has 0 fully saturated rings. The van der Waals surface area contributed by atoms with E-state index in [0.29, 0.717) is 0 Å². The monoisotopic (exact) mass is 454 g/mol. The molecule has 10 heteroatoms. The number of halogens is 4. The zero-order valence-electron chi connectivity index (χ0n) is 16.3. The molecule has 0 saturated carbocycles. The van der Waals surface area contributed by atoms with Crippen LogP contribution in [-0.4, -0.2) is 36.7 Å². The van der Waals surface area contributed by atoms with Crippen LogP contribution in [0.15, 0.2) is 47.6 Å². The molecule has 0 radical (unpaired) electrons. The van der Waals surface area contributed by atoms with Gasteiger partial charge in [-0.2, -0.15) is 13.9 Å². The maximum Gasteiger partial charge on any atom is 0.338 e. The SMILES string of the molecule is CC1CC(=O)NN=C1c1ccc(OCC(F)(F)COC(=O)c2ccccc2)c(Cl)c1F. The van der Waals surface area contributed by atoms with E-state index < -0.39 is 35.9 Å². The average molecular weight is 455 g/mol. The molecule has 0 spiro atoms. The fourth-order valence-electron chi connectivity index (χ4n) is 2.87. The summed E-state index contributed by atoms with van der Waals surface area (Å²) >= 11 is 5.96. The number of esters is 1. The highest BCUT2D eigenvalue weighted by molar-refractivity contribution is 6.32. The molecular formula is C21H18ClF3N2O4. The van der Waals surface area contributed by atoms with Gasteiger partial charge in [0.05, 0.1) is 11.3 Å². The Morgan fingerprint density at radius 1 is 1.23 bits per heavy atom. The third-order valence-corrected chi connectivity index (χ3v) is 4.80. The molecule has 1 heterocycles. The Labute approximate surface area is 181 Å². The molecule has 1 aliphatic heterocycles. The van der Waals surface area contributed by atoms with Crippen molar-refractivity contribution < 1.29 is 32.2 Å². The first-order valence-corrected chi connectivity index (χ1v) is 9.63. The van der Waals surface area contributed by atoms with Gasteiger partial charge in [-0.15, -0.1) is 0 Å². The standard InChI is InChI=1S/C21H18ClF3N2O4/c1-12-9-16(28)26-27-19(12)14-7-8-15(17(22)18(14)23)30-10-21(24,25)11-31-20(29)13-5-3-2-4-6-13/h2-8,12H,9-11H2,1H3,(H,26,28). The van der Waals surface area contributed by atoms with Crippen molar-refractivity contribution in [3.8, 4) is 5.75 Å². The van der Waals surface area contributed by atoms with Gasteiger partial charge < -0.3 is 9.47 Å². The molecule has 0 saturated heterocycles. The van der Waals surface area contributed by atoms with Crippen molar-refractivity contribution in [2.24, 2.45) is 11.0 Å². The largest absolute Gasteiger partial charge is 0.485 e. The van der Waals surface area contributed by atoms with Crippen molar-refractivity contribution in [2.45, 2.75) is 19.3 Å². The van der Waals surface area contributed by atoms with Crippen LogP contribution in [0.3, 0.4) is 0 Å². The summed E-state index contributed by atoms with van der Waals surface area (Å²) < 4.78 is 52.5. The van der Waals surface area contributed by atoms with Crippen LogP contribution >= 0.6 is 11.6 Å². The fraction of sp³-hybridized carbons (Fsp3) is 0.286. The van der Waals surface area contributed by atoms with Crippen molar-refractivity contribution in [3.05, 3.63) is 64.4 Å². The number of nitrogens with zero attached hydrogens (tertiary/aromatic N) is 1. The van der Waals surface area contributed by atoms with Crippen LogP contribution in [-0.2, 0) is 9.53 Å².